The standard InChI is InChI=1S/C23H18Cl2FN3O3/c1-27-19-17(22(30)28(2)23(27)31)18(13-8-7-12(24)11-15(13)25)29-9-10-32-21(20(19)29)14-5-3-4-6-16(14)26/h3-8,11,21H,9-10H2,1-2H3/t21-/m0/s1. The van der Waals surface area contributed by atoms with Gasteiger partial charge in [0.25, 0.3) is 5.56 Å². The van der Waals surface area contributed by atoms with E-state index in [1.165, 1.54) is 17.7 Å². The highest BCUT2D eigenvalue weighted by Gasteiger charge is 2.34. The fraction of sp³-hybridized carbons (Fsp3) is 0.217. The summed E-state index contributed by atoms with van der Waals surface area (Å²) in [5.74, 6) is -0.430. The number of rotatable bonds is 2. The van der Waals surface area contributed by atoms with Crippen LogP contribution in [0.4, 0.5) is 4.39 Å². The van der Waals surface area contributed by atoms with Gasteiger partial charge in [-0.15, -0.1) is 0 Å². The number of hydrogen-bond acceptors (Lipinski definition) is 3. The Morgan fingerprint density at radius 2 is 1.81 bits per heavy atom. The summed E-state index contributed by atoms with van der Waals surface area (Å²) in [6.07, 6.45) is -0.801. The molecule has 3 heterocycles. The molecule has 5 rings (SSSR count). The van der Waals surface area contributed by atoms with Gasteiger partial charge in [0, 0.05) is 36.8 Å². The first-order chi connectivity index (χ1) is 15.3. The Hall–Kier alpha value is -2.87. The van der Waals surface area contributed by atoms with Crippen LogP contribution in [0.3, 0.4) is 0 Å². The summed E-state index contributed by atoms with van der Waals surface area (Å²) in [6.45, 7) is 0.695. The second-order valence-corrected chi connectivity index (χ2v) is 8.56. The monoisotopic (exact) mass is 473 g/mol. The van der Waals surface area contributed by atoms with E-state index >= 15 is 0 Å². The van der Waals surface area contributed by atoms with Crippen LogP contribution in [-0.4, -0.2) is 20.3 Å². The second kappa shape index (κ2) is 7.62. The van der Waals surface area contributed by atoms with Gasteiger partial charge in [-0.2, -0.15) is 0 Å². The molecular weight excluding hydrogens is 456 g/mol. The molecule has 4 aromatic rings. The first kappa shape index (κ1) is 21.0. The summed E-state index contributed by atoms with van der Waals surface area (Å²) < 4.78 is 25.1. The average molecular weight is 474 g/mol. The molecule has 0 amide bonds. The van der Waals surface area contributed by atoms with E-state index in [-0.39, 0.29) is 0 Å². The molecule has 164 valence electrons. The normalized spacial score (nSPS) is 15.8. The van der Waals surface area contributed by atoms with Gasteiger partial charge in [-0.3, -0.25) is 13.9 Å². The summed E-state index contributed by atoms with van der Waals surface area (Å²) in [6, 6.07) is 11.4. The fourth-order valence-electron chi connectivity index (χ4n) is 4.47. The number of aromatic nitrogens is 3. The van der Waals surface area contributed by atoms with Crippen molar-refractivity contribution in [2.45, 2.75) is 12.6 Å². The van der Waals surface area contributed by atoms with Gasteiger partial charge in [-0.05, 0) is 24.3 Å². The molecule has 0 spiro atoms. The lowest BCUT2D eigenvalue weighted by atomic mass is 10.0. The zero-order valence-corrected chi connectivity index (χ0v) is 18.7. The number of aryl methyl sites for hydroxylation is 1. The van der Waals surface area contributed by atoms with E-state index < -0.39 is 23.2 Å². The van der Waals surface area contributed by atoms with Crippen molar-refractivity contribution in [3.05, 3.63) is 90.4 Å². The lowest BCUT2D eigenvalue weighted by molar-refractivity contribution is 0.0457. The Morgan fingerprint density at radius 1 is 1.06 bits per heavy atom. The molecule has 1 aliphatic rings. The maximum atomic E-state index is 14.8. The third-order valence-electron chi connectivity index (χ3n) is 5.93. The minimum Gasteiger partial charge on any atom is -0.365 e. The third kappa shape index (κ3) is 2.96. The molecule has 2 aromatic heterocycles. The number of hydrogen-bond donors (Lipinski definition) is 0. The van der Waals surface area contributed by atoms with Gasteiger partial charge >= 0.3 is 5.69 Å². The molecule has 2 aromatic carbocycles. The van der Waals surface area contributed by atoms with Crippen molar-refractivity contribution in [1.82, 2.24) is 13.7 Å². The van der Waals surface area contributed by atoms with Crippen LogP contribution in [0.25, 0.3) is 22.2 Å². The van der Waals surface area contributed by atoms with Gasteiger partial charge in [0.05, 0.1) is 33.9 Å². The Balaban J connectivity index is 1.98. The second-order valence-electron chi connectivity index (χ2n) is 7.71. The summed E-state index contributed by atoms with van der Waals surface area (Å²) >= 11 is 12.6. The fourth-order valence-corrected chi connectivity index (χ4v) is 4.96. The van der Waals surface area contributed by atoms with E-state index in [0.717, 1.165) is 4.57 Å². The van der Waals surface area contributed by atoms with Crippen LogP contribution in [0.2, 0.25) is 10.0 Å². The maximum absolute atomic E-state index is 14.8. The number of fused-ring (bicyclic) bond motifs is 3. The van der Waals surface area contributed by atoms with Gasteiger partial charge in [0.1, 0.15) is 11.9 Å². The molecule has 0 saturated heterocycles. The summed E-state index contributed by atoms with van der Waals surface area (Å²) in [4.78, 5) is 26.2. The van der Waals surface area contributed by atoms with Crippen LogP contribution in [0.15, 0.2) is 52.1 Å². The zero-order chi connectivity index (χ0) is 22.7. The molecule has 0 bridgehead atoms. The van der Waals surface area contributed by atoms with Crippen LogP contribution < -0.4 is 11.2 Å². The smallest absolute Gasteiger partial charge is 0.331 e. The van der Waals surface area contributed by atoms with Gasteiger partial charge in [-0.1, -0.05) is 41.4 Å². The number of benzene rings is 2. The molecule has 0 N–H and O–H groups in total. The average Bonchev–Trinajstić information content (AvgIpc) is 3.12. The SMILES string of the molecule is Cn1c(=O)c2c(-c3ccc(Cl)cc3Cl)n3c(c2n(C)c1=O)[C@H](c1ccccc1F)OCC3. The van der Waals surface area contributed by atoms with Gasteiger partial charge in [0.2, 0.25) is 0 Å². The van der Waals surface area contributed by atoms with Crippen molar-refractivity contribution in [2.24, 2.45) is 14.1 Å². The van der Waals surface area contributed by atoms with Crippen LogP contribution >= 0.6 is 23.2 Å². The quantitative estimate of drug-likeness (QED) is 0.436. The number of ether oxygens (including phenoxy) is 1. The highest BCUT2D eigenvalue weighted by molar-refractivity contribution is 6.36. The van der Waals surface area contributed by atoms with Crippen molar-refractivity contribution in [1.29, 1.82) is 0 Å². The molecule has 1 aliphatic heterocycles. The lowest BCUT2D eigenvalue weighted by Crippen LogP contribution is -2.37. The Kier molecular flexibility index (Phi) is 5.00. The number of halogens is 3. The maximum Gasteiger partial charge on any atom is 0.331 e. The minimum absolute atomic E-state index is 0.291. The molecule has 0 radical (unpaired) electrons. The molecule has 1 atom stereocenters. The van der Waals surface area contributed by atoms with Crippen molar-refractivity contribution in [3.63, 3.8) is 0 Å². The van der Waals surface area contributed by atoms with E-state index in [2.05, 4.69) is 0 Å². The molecule has 0 fully saturated rings. The first-order valence-electron chi connectivity index (χ1n) is 9.94. The van der Waals surface area contributed by atoms with E-state index in [9.17, 15) is 14.0 Å². The zero-order valence-electron chi connectivity index (χ0n) is 17.2. The van der Waals surface area contributed by atoms with Crippen LogP contribution in [0.1, 0.15) is 17.4 Å². The summed E-state index contributed by atoms with van der Waals surface area (Å²) in [7, 11) is 3.02. The largest absolute Gasteiger partial charge is 0.365 e. The van der Waals surface area contributed by atoms with Gasteiger partial charge < -0.3 is 9.30 Å². The molecule has 9 heteroatoms. The first-order valence-corrected chi connectivity index (χ1v) is 10.7. The van der Waals surface area contributed by atoms with Gasteiger partial charge in [0.15, 0.2) is 0 Å². The van der Waals surface area contributed by atoms with E-state index in [1.807, 2.05) is 4.57 Å². The van der Waals surface area contributed by atoms with E-state index in [4.69, 9.17) is 27.9 Å². The third-order valence-corrected chi connectivity index (χ3v) is 6.47. The van der Waals surface area contributed by atoms with E-state index in [0.29, 0.717) is 56.6 Å². The van der Waals surface area contributed by atoms with Crippen molar-refractivity contribution in [2.75, 3.05) is 6.61 Å². The highest BCUT2D eigenvalue weighted by Crippen LogP contribution is 2.43. The Morgan fingerprint density at radius 3 is 2.53 bits per heavy atom. The van der Waals surface area contributed by atoms with Crippen LogP contribution in [0.5, 0.6) is 0 Å². The summed E-state index contributed by atoms with van der Waals surface area (Å²) in [5.41, 5.74) is 1.46. The van der Waals surface area contributed by atoms with Crippen LogP contribution in [0, 0.1) is 5.82 Å². The molecule has 32 heavy (non-hydrogen) atoms. The number of nitrogens with zero attached hydrogens (tertiary/aromatic N) is 3. The minimum atomic E-state index is -0.801. The topological polar surface area (TPSA) is 58.2 Å². The van der Waals surface area contributed by atoms with E-state index in [1.54, 1.807) is 43.4 Å². The molecule has 0 aliphatic carbocycles. The Bertz CT molecular complexity index is 1520. The molecule has 6 nitrogen and oxygen atoms in total. The van der Waals surface area contributed by atoms with Crippen LogP contribution in [-0.2, 0) is 25.4 Å². The summed E-state index contributed by atoms with van der Waals surface area (Å²) in [5, 5.41) is 1.14. The lowest BCUT2D eigenvalue weighted by Gasteiger charge is -2.28. The predicted molar refractivity (Wildman–Crippen MR) is 122 cm³/mol. The van der Waals surface area contributed by atoms with Crippen molar-refractivity contribution < 1.29 is 9.13 Å². The van der Waals surface area contributed by atoms with Gasteiger partial charge in [-0.25, -0.2) is 9.18 Å². The highest BCUT2D eigenvalue weighted by atomic mass is 35.5. The molecular formula is C23H18Cl2FN3O3. The van der Waals surface area contributed by atoms with Crippen molar-refractivity contribution in [3.8, 4) is 11.3 Å². The predicted octanol–water partition coefficient (Wildman–Crippen LogP) is 4.27. The van der Waals surface area contributed by atoms with Crippen molar-refractivity contribution >= 4 is 34.1 Å². The molecule has 0 unspecified atom stereocenters. The Labute approximate surface area is 192 Å². The molecule has 0 saturated carbocycles.